The van der Waals surface area contributed by atoms with Gasteiger partial charge in [0.2, 0.25) is 5.89 Å². The number of ketones is 1. The van der Waals surface area contributed by atoms with Gasteiger partial charge in [-0.1, -0.05) is 17.3 Å². The number of Topliss-reactive ketones (excluding diaryl/α,β-unsaturated/α-hetero) is 1. The molecule has 19 heavy (non-hydrogen) atoms. The van der Waals surface area contributed by atoms with Gasteiger partial charge in [-0.25, -0.2) is 0 Å². The average Bonchev–Trinajstić information content (AvgIpc) is 3.16. The SMILES string of the molecule is CC(=O)c1ccc(SCc2noc(C3CC3)n2)cc1. The van der Waals surface area contributed by atoms with E-state index < -0.39 is 0 Å². The monoisotopic (exact) mass is 274 g/mol. The lowest BCUT2D eigenvalue weighted by atomic mass is 10.2. The second-order valence-corrected chi connectivity index (χ2v) is 5.74. The lowest BCUT2D eigenvalue weighted by molar-refractivity contribution is 0.101. The Morgan fingerprint density at radius 2 is 2.11 bits per heavy atom. The number of rotatable bonds is 5. The highest BCUT2D eigenvalue weighted by Crippen LogP contribution is 2.39. The molecule has 0 bridgehead atoms. The van der Waals surface area contributed by atoms with Gasteiger partial charge < -0.3 is 4.52 Å². The van der Waals surface area contributed by atoms with Crippen molar-refractivity contribution in [2.45, 2.75) is 36.3 Å². The minimum Gasteiger partial charge on any atom is -0.339 e. The van der Waals surface area contributed by atoms with Crippen molar-refractivity contribution >= 4 is 17.5 Å². The van der Waals surface area contributed by atoms with Crippen molar-refractivity contribution in [2.75, 3.05) is 0 Å². The van der Waals surface area contributed by atoms with E-state index >= 15 is 0 Å². The van der Waals surface area contributed by atoms with E-state index in [-0.39, 0.29) is 5.78 Å². The summed E-state index contributed by atoms with van der Waals surface area (Å²) in [6.07, 6.45) is 2.34. The Kier molecular flexibility index (Phi) is 3.38. The molecule has 98 valence electrons. The number of benzene rings is 1. The third kappa shape index (κ3) is 3.04. The van der Waals surface area contributed by atoms with Gasteiger partial charge in [0, 0.05) is 16.4 Å². The van der Waals surface area contributed by atoms with Crippen molar-refractivity contribution < 1.29 is 9.32 Å². The molecule has 5 heteroatoms. The lowest BCUT2D eigenvalue weighted by Crippen LogP contribution is -1.90. The van der Waals surface area contributed by atoms with Crippen molar-refractivity contribution in [1.29, 1.82) is 0 Å². The number of aromatic nitrogens is 2. The summed E-state index contributed by atoms with van der Waals surface area (Å²) in [6.45, 7) is 1.57. The van der Waals surface area contributed by atoms with Crippen LogP contribution in [0.15, 0.2) is 33.7 Å². The molecule has 1 aliphatic rings. The maximum Gasteiger partial charge on any atom is 0.229 e. The average molecular weight is 274 g/mol. The Morgan fingerprint density at radius 1 is 1.37 bits per heavy atom. The highest BCUT2D eigenvalue weighted by Gasteiger charge is 2.29. The predicted octanol–water partition coefficient (Wildman–Crippen LogP) is 3.44. The van der Waals surface area contributed by atoms with E-state index in [1.54, 1.807) is 18.7 Å². The van der Waals surface area contributed by atoms with Crippen LogP contribution in [0, 0.1) is 0 Å². The van der Waals surface area contributed by atoms with Crippen LogP contribution in [0.3, 0.4) is 0 Å². The second-order valence-electron chi connectivity index (χ2n) is 4.69. The van der Waals surface area contributed by atoms with Crippen molar-refractivity contribution in [1.82, 2.24) is 10.1 Å². The summed E-state index contributed by atoms with van der Waals surface area (Å²) in [5, 5.41) is 3.98. The number of hydrogen-bond donors (Lipinski definition) is 0. The minimum atomic E-state index is 0.0868. The normalized spacial score (nSPS) is 14.6. The van der Waals surface area contributed by atoms with Crippen LogP contribution in [-0.4, -0.2) is 15.9 Å². The van der Waals surface area contributed by atoms with Crippen LogP contribution in [0.1, 0.15) is 47.8 Å². The molecule has 1 heterocycles. The fraction of sp³-hybridized carbons (Fsp3) is 0.357. The lowest BCUT2D eigenvalue weighted by Gasteiger charge is -1.99. The third-order valence-electron chi connectivity index (χ3n) is 3.04. The molecule has 0 aliphatic heterocycles. The fourth-order valence-electron chi connectivity index (χ4n) is 1.76. The van der Waals surface area contributed by atoms with E-state index in [4.69, 9.17) is 4.52 Å². The topological polar surface area (TPSA) is 56.0 Å². The van der Waals surface area contributed by atoms with E-state index in [0.29, 0.717) is 11.7 Å². The van der Waals surface area contributed by atoms with Crippen LogP contribution in [0.5, 0.6) is 0 Å². The van der Waals surface area contributed by atoms with E-state index in [1.807, 2.05) is 24.3 Å². The van der Waals surface area contributed by atoms with E-state index in [2.05, 4.69) is 10.1 Å². The number of nitrogens with zero attached hydrogens (tertiary/aromatic N) is 2. The molecule has 0 amide bonds. The Labute approximate surface area is 115 Å². The zero-order chi connectivity index (χ0) is 13.2. The highest BCUT2D eigenvalue weighted by molar-refractivity contribution is 7.98. The molecule has 1 saturated carbocycles. The summed E-state index contributed by atoms with van der Waals surface area (Å²) in [5.74, 6) is 2.80. The molecule has 0 unspecified atom stereocenters. The second kappa shape index (κ2) is 5.17. The molecule has 4 nitrogen and oxygen atoms in total. The molecule has 2 aromatic rings. The molecule has 0 atom stereocenters. The van der Waals surface area contributed by atoms with Gasteiger partial charge in [-0.15, -0.1) is 11.8 Å². The molecule has 0 saturated heterocycles. The fourth-order valence-corrected chi connectivity index (χ4v) is 2.50. The standard InChI is InChI=1S/C14H14N2O2S/c1-9(17)10-4-6-12(7-5-10)19-8-13-15-14(18-16-13)11-2-3-11/h4-7,11H,2-3,8H2,1H3. The number of thioether (sulfide) groups is 1. The van der Waals surface area contributed by atoms with Gasteiger partial charge in [-0.05, 0) is 31.9 Å². The third-order valence-corrected chi connectivity index (χ3v) is 4.05. The summed E-state index contributed by atoms with van der Waals surface area (Å²) in [7, 11) is 0. The first-order valence-electron chi connectivity index (χ1n) is 6.28. The smallest absolute Gasteiger partial charge is 0.229 e. The van der Waals surface area contributed by atoms with Gasteiger partial charge in [0.25, 0.3) is 0 Å². The summed E-state index contributed by atoms with van der Waals surface area (Å²) < 4.78 is 5.21. The van der Waals surface area contributed by atoms with Crippen molar-refractivity contribution in [3.05, 3.63) is 41.5 Å². The molecule has 0 N–H and O–H groups in total. The Bertz CT molecular complexity index is 588. The number of hydrogen-bond acceptors (Lipinski definition) is 5. The van der Waals surface area contributed by atoms with Crippen molar-refractivity contribution in [2.24, 2.45) is 0 Å². The minimum absolute atomic E-state index is 0.0868. The molecule has 0 spiro atoms. The van der Waals surface area contributed by atoms with Gasteiger partial charge in [-0.2, -0.15) is 4.98 Å². The number of carbonyl (C=O) groups is 1. The van der Waals surface area contributed by atoms with Crippen molar-refractivity contribution in [3.8, 4) is 0 Å². The molecule has 0 radical (unpaired) electrons. The van der Waals surface area contributed by atoms with Gasteiger partial charge in [0.15, 0.2) is 11.6 Å². The summed E-state index contributed by atoms with van der Waals surface area (Å²) >= 11 is 1.64. The maximum absolute atomic E-state index is 11.2. The van der Waals surface area contributed by atoms with Crippen molar-refractivity contribution in [3.63, 3.8) is 0 Å². The van der Waals surface area contributed by atoms with Crippen LogP contribution >= 0.6 is 11.8 Å². The largest absolute Gasteiger partial charge is 0.339 e. The first-order chi connectivity index (χ1) is 9.22. The maximum atomic E-state index is 11.2. The van der Waals surface area contributed by atoms with E-state index in [9.17, 15) is 4.79 Å². The van der Waals surface area contributed by atoms with E-state index in [0.717, 1.165) is 22.2 Å². The Balaban J connectivity index is 1.59. The van der Waals surface area contributed by atoms with Gasteiger partial charge in [-0.3, -0.25) is 4.79 Å². The summed E-state index contributed by atoms with van der Waals surface area (Å²) in [5.41, 5.74) is 0.736. The molecule has 1 aromatic heterocycles. The number of carbonyl (C=O) groups excluding carboxylic acids is 1. The first kappa shape index (κ1) is 12.4. The molecule has 1 fully saturated rings. The summed E-state index contributed by atoms with van der Waals surface area (Å²) in [6, 6.07) is 7.58. The van der Waals surface area contributed by atoms with Crippen LogP contribution in [0.25, 0.3) is 0 Å². The predicted molar refractivity (Wildman–Crippen MR) is 72.3 cm³/mol. The molecular formula is C14H14N2O2S. The molecule has 1 aliphatic carbocycles. The van der Waals surface area contributed by atoms with Crippen LogP contribution < -0.4 is 0 Å². The van der Waals surface area contributed by atoms with E-state index in [1.165, 1.54) is 12.8 Å². The van der Waals surface area contributed by atoms with Crippen LogP contribution in [0.2, 0.25) is 0 Å². The zero-order valence-corrected chi connectivity index (χ0v) is 11.4. The summed E-state index contributed by atoms with van der Waals surface area (Å²) in [4.78, 5) is 16.6. The van der Waals surface area contributed by atoms with Gasteiger partial charge in [0.1, 0.15) is 0 Å². The molecule has 3 rings (SSSR count). The Morgan fingerprint density at radius 3 is 2.74 bits per heavy atom. The molecule has 1 aromatic carbocycles. The zero-order valence-electron chi connectivity index (χ0n) is 10.6. The highest BCUT2D eigenvalue weighted by atomic mass is 32.2. The van der Waals surface area contributed by atoms with Crippen LogP contribution in [-0.2, 0) is 5.75 Å². The van der Waals surface area contributed by atoms with Crippen LogP contribution in [0.4, 0.5) is 0 Å². The first-order valence-corrected chi connectivity index (χ1v) is 7.27. The van der Waals surface area contributed by atoms with Gasteiger partial charge in [0.05, 0.1) is 5.75 Å². The van der Waals surface area contributed by atoms with Gasteiger partial charge >= 0.3 is 0 Å². The quantitative estimate of drug-likeness (QED) is 0.617. The molecular weight excluding hydrogens is 260 g/mol. The Hall–Kier alpha value is -1.62.